The summed E-state index contributed by atoms with van der Waals surface area (Å²) in [5, 5.41) is 0. The first kappa shape index (κ1) is 16.3. The molecule has 1 fully saturated rings. The third kappa shape index (κ3) is 4.44. The molecule has 0 bridgehead atoms. The molecule has 0 aliphatic heterocycles. The normalized spacial score (nSPS) is 26.7. The van der Waals surface area contributed by atoms with Crippen molar-refractivity contribution >= 4 is 0 Å². The second-order valence-electron chi connectivity index (χ2n) is 7.81. The summed E-state index contributed by atoms with van der Waals surface area (Å²) in [7, 11) is 0. The Morgan fingerprint density at radius 3 is 2.29 bits per heavy atom. The monoisotopic (exact) mass is 290 g/mol. The van der Waals surface area contributed by atoms with Crippen LogP contribution in [0.1, 0.15) is 65.1 Å². The van der Waals surface area contributed by atoms with Crippen molar-refractivity contribution in [1.82, 2.24) is 4.98 Å². The van der Waals surface area contributed by atoms with E-state index in [9.17, 15) is 0 Å². The zero-order valence-electron chi connectivity index (χ0n) is 14.1. The van der Waals surface area contributed by atoms with Crippen LogP contribution < -0.4 is 10.5 Å². The predicted molar refractivity (Wildman–Crippen MR) is 87.4 cm³/mol. The highest BCUT2D eigenvalue weighted by molar-refractivity contribution is 5.28. The molecule has 0 radical (unpaired) electrons. The van der Waals surface area contributed by atoms with E-state index in [2.05, 4.69) is 40.7 Å². The average Bonchev–Trinajstić information content (AvgIpc) is 2.36. The van der Waals surface area contributed by atoms with Crippen LogP contribution in [0.5, 0.6) is 5.88 Å². The van der Waals surface area contributed by atoms with Crippen molar-refractivity contribution in [2.45, 2.75) is 71.9 Å². The number of ether oxygens (including phenoxy) is 1. The fourth-order valence-electron chi connectivity index (χ4n) is 3.26. The number of pyridine rings is 1. The third-order valence-electron chi connectivity index (χ3n) is 4.29. The molecule has 0 aromatic carbocycles. The molecule has 1 aromatic heterocycles. The molecule has 1 aliphatic carbocycles. The SMILES string of the molecule is CC1CC(C)CC(Oc2cc(CN)cc(C(C)(C)C)n2)C1. The molecule has 3 nitrogen and oxygen atoms in total. The van der Waals surface area contributed by atoms with Gasteiger partial charge in [-0.2, -0.15) is 0 Å². The van der Waals surface area contributed by atoms with Crippen LogP contribution in [0.25, 0.3) is 0 Å². The lowest BCUT2D eigenvalue weighted by Crippen LogP contribution is -2.29. The first-order chi connectivity index (χ1) is 9.77. The van der Waals surface area contributed by atoms with Crippen LogP contribution in [0.3, 0.4) is 0 Å². The minimum Gasteiger partial charge on any atom is -0.474 e. The number of nitrogens with zero attached hydrogens (tertiary/aromatic N) is 1. The summed E-state index contributed by atoms with van der Waals surface area (Å²) in [5.41, 5.74) is 7.99. The van der Waals surface area contributed by atoms with Crippen LogP contribution in [0.4, 0.5) is 0 Å². The molecule has 1 saturated carbocycles. The number of rotatable bonds is 3. The Balaban J connectivity index is 2.19. The van der Waals surface area contributed by atoms with E-state index in [1.807, 2.05) is 6.07 Å². The van der Waals surface area contributed by atoms with Crippen LogP contribution in [-0.2, 0) is 12.0 Å². The van der Waals surface area contributed by atoms with E-state index in [4.69, 9.17) is 15.5 Å². The summed E-state index contributed by atoms with van der Waals surface area (Å²) < 4.78 is 6.21. The van der Waals surface area contributed by atoms with Crippen molar-refractivity contribution in [2.75, 3.05) is 0 Å². The quantitative estimate of drug-likeness (QED) is 0.914. The standard InChI is InChI=1S/C18H30N2O/c1-12-6-13(2)8-15(7-12)21-17-10-14(11-19)9-16(20-17)18(3,4)5/h9-10,12-13,15H,6-8,11,19H2,1-5H3. The van der Waals surface area contributed by atoms with Gasteiger partial charge in [-0.15, -0.1) is 0 Å². The first-order valence-corrected chi connectivity index (χ1v) is 8.16. The first-order valence-electron chi connectivity index (χ1n) is 8.16. The fourth-order valence-corrected chi connectivity index (χ4v) is 3.26. The van der Waals surface area contributed by atoms with E-state index < -0.39 is 0 Å². The van der Waals surface area contributed by atoms with E-state index in [1.165, 1.54) is 6.42 Å². The van der Waals surface area contributed by atoms with E-state index in [0.29, 0.717) is 6.54 Å². The maximum absolute atomic E-state index is 6.21. The van der Waals surface area contributed by atoms with Gasteiger partial charge in [-0.3, -0.25) is 0 Å². The molecule has 2 rings (SSSR count). The number of aromatic nitrogens is 1. The zero-order valence-corrected chi connectivity index (χ0v) is 14.1. The van der Waals surface area contributed by atoms with Crippen LogP contribution in [-0.4, -0.2) is 11.1 Å². The highest BCUT2D eigenvalue weighted by Gasteiger charge is 2.26. The van der Waals surface area contributed by atoms with Gasteiger partial charge >= 0.3 is 0 Å². The Morgan fingerprint density at radius 2 is 1.76 bits per heavy atom. The van der Waals surface area contributed by atoms with E-state index in [-0.39, 0.29) is 11.5 Å². The van der Waals surface area contributed by atoms with Gasteiger partial charge in [0.05, 0.1) is 5.69 Å². The molecule has 0 amide bonds. The van der Waals surface area contributed by atoms with Gasteiger partial charge in [-0.1, -0.05) is 34.6 Å². The Morgan fingerprint density at radius 1 is 1.14 bits per heavy atom. The Kier molecular flexibility index (Phi) is 4.92. The van der Waals surface area contributed by atoms with Crippen LogP contribution in [0.15, 0.2) is 12.1 Å². The fraction of sp³-hybridized carbons (Fsp3) is 0.722. The van der Waals surface area contributed by atoms with Crippen LogP contribution >= 0.6 is 0 Å². The van der Waals surface area contributed by atoms with Gasteiger partial charge in [0.2, 0.25) is 5.88 Å². The highest BCUT2D eigenvalue weighted by atomic mass is 16.5. The minimum atomic E-state index is 0.0104. The molecule has 0 saturated heterocycles. The molecular formula is C18H30N2O. The summed E-state index contributed by atoms with van der Waals surface area (Å²) >= 11 is 0. The summed E-state index contributed by atoms with van der Waals surface area (Å²) in [6, 6.07) is 4.10. The van der Waals surface area contributed by atoms with E-state index in [1.54, 1.807) is 0 Å². The molecule has 1 aromatic rings. The van der Waals surface area contributed by atoms with Crippen LogP contribution in [0, 0.1) is 11.8 Å². The topological polar surface area (TPSA) is 48.1 Å². The lowest BCUT2D eigenvalue weighted by molar-refractivity contribution is 0.0962. The van der Waals surface area contributed by atoms with Gasteiger partial charge in [-0.05, 0) is 42.7 Å². The zero-order chi connectivity index (χ0) is 15.6. The number of hydrogen-bond acceptors (Lipinski definition) is 3. The maximum atomic E-state index is 6.21. The molecule has 2 N–H and O–H groups in total. The van der Waals surface area contributed by atoms with Gasteiger partial charge in [0, 0.05) is 18.0 Å². The molecule has 1 heterocycles. The number of nitrogens with two attached hydrogens (primary N) is 1. The van der Waals surface area contributed by atoms with Crippen LogP contribution in [0.2, 0.25) is 0 Å². The van der Waals surface area contributed by atoms with Crippen molar-refractivity contribution in [1.29, 1.82) is 0 Å². The van der Waals surface area contributed by atoms with Crippen molar-refractivity contribution in [2.24, 2.45) is 17.6 Å². The Hall–Kier alpha value is -1.09. The average molecular weight is 290 g/mol. The van der Waals surface area contributed by atoms with Gasteiger partial charge in [-0.25, -0.2) is 4.98 Å². The van der Waals surface area contributed by atoms with E-state index in [0.717, 1.165) is 41.8 Å². The molecule has 3 heteroatoms. The van der Waals surface area contributed by atoms with Crippen molar-refractivity contribution in [3.05, 3.63) is 23.4 Å². The molecule has 0 spiro atoms. The summed E-state index contributed by atoms with van der Waals surface area (Å²) in [5.74, 6) is 2.21. The molecule has 118 valence electrons. The predicted octanol–water partition coefficient (Wildman–Crippen LogP) is 4.04. The lowest BCUT2D eigenvalue weighted by atomic mass is 9.82. The van der Waals surface area contributed by atoms with E-state index >= 15 is 0 Å². The van der Waals surface area contributed by atoms with Gasteiger partial charge in [0.1, 0.15) is 6.10 Å². The van der Waals surface area contributed by atoms with Gasteiger partial charge in [0.25, 0.3) is 0 Å². The Bertz CT molecular complexity index is 469. The summed E-state index contributed by atoms with van der Waals surface area (Å²) in [4.78, 5) is 4.72. The molecule has 2 atom stereocenters. The second kappa shape index (κ2) is 6.35. The van der Waals surface area contributed by atoms with Crippen molar-refractivity contribution in [3.8, 4) is 5.88 Å². The van der Waals surface area contributed by atoms with Gasteiger partial charge in [0.15, 0.2) is 0 Å². The summed E-state index contributed by atoms with van der Waals surface area (Å²) in [6.07, 6.45) is 3.86. The highest BCUT2D eigenvalue weighted by Crippen LogP contribution is 2.32. The molecular weight excluding hydrogens is 260 g/mol. The smallest absolute Gasteiger partial charge is 0.214 e. The summed E-state index contributed by atoms with van der Waals surface area (Å²) in [6.45, 7) is 11.7. The Labute approximate surface area is 129 Å². The molecule has 2 unspecified atom stereocenters. The lowest BCUT2D eigenvalue weighted by Gasteiger charge is -2.31. The van der Waals surface area contributed by atoms with Crippen molar-refractivity contribution in [3.63, 3.8) is 0 Å². The number of hydrogen-bond donors (Lipinski definition) is 1. The molecule has 21 heavy (non-hydrogen) atoms. The third-order valence-corrected chi connectivity index (χ3v) is 4.29. The minimum absolute atomic E-state index is 0.0104. The van der Waals surface area contributed by atoms with Gasteiger partial charge < -0.3 is 10.5 Å². The van der Waals surface area contributed by atoms with Crippen molar-refractivity contribution < 1.29 is 4.74 Å². The largest absolute Gasteiger partial charge is 0.474 e. The maximum Gasteiger partial charge on any atom is 0.214 e. The molecule has 1 aliphatic rings. The second-order valence-corrected chi connectivity index (χ2v) is 7.81.